The zero-order valence-corrected chi connectivity index (χ0v) is 20.6. The Morgan fingerprint density at radius 3 is 2.35 bits per heavy atom. The molecule has 1 amide bonds. The van der Waals surface area contributed by atoms with Gasteiger partial charge in [0.05, 0.1) is 18.0 Å². The molecule has 0 saturated heterocycles. The summed E-state index contributed by atoms with van der Waals surface area (Å²) in [6.07, 6.45) is 0. The number of para-hydroxylation sites is 2. The van der Waals surface area contributed by atoms with Crippen LogP contribution in [0.15, 0.2) is 64.5 Å². The smallest absolute Gasteiger partial charge is 0.287 e. The third kappa shape index (κ3) is 3.13. The van der Waals surface area contributed by atoms with Crippen LogP contribution in [0.4, 0.5) is 11.4 Å². The average Bonchev–Trinajstić information content (AvgIpc) is 3.37. The number of anilines is 2. The molecular weight excluding hydrogens is 448 g/mol. The summed E-state index contributed by atoms with van der Waals surface area (Å²) in [5.74, 6) is -0.0857. The zero-order valence-electron chi connectivity index (χ0n) is 19.8. The quantitative estimate of drug-likeness (QED) is 0.573. The number of likely N-dealkylation sites (N-methyl/N-ethyl adjacent to an activating group) is 1. The second-order valence-electron chi connectivity index (χ2n) is 8.82. The highest BCUT2D eigenvalue weighted by Gasteiger charge is 2.40. The van der Waals surface area contributed by atoms with Crippen LogP contribution in [-0.2, 0) is 22.0 Å². The molecule has 0 bridgehead atoms. The predicted molar refractivity (Wildman–Crippen MR) is 136 cm³/mol. The Bertz CT molecular complexity index is 1520. The second kappa shape index (κ2) is 7.99. The van der Waals surface area contributed by atoms with Gasteiger partial charge in [-0.1, -0.05) is 50.2 Å². The van der Waals surface area contributed by atoms with E-state index in [0.29, 0.717) is 27.1 Å². The van der Waals surface area contributed by atoms with Crippen molar-refractivity contribution in [1.29, 1.82) is 0 Å². The number of carbonyl (C=O) groups is 1. The van der Waals surface area contributed by atoms with Crippen molar-refractivity contribution in [3.8, 4) is 0 Å². The Labute approximate surface area is 201 Å². The number of amides is 1. The van der Waals surface area contributed by atoms with Crippen molar-refractivity contribution in [1.82, 2.24) is 4.57 Å². The lowest BCUT2D eigenvalue weighted by molar-refractivity contribution is -0.112. The minimum Gasteiger partial charge on any atom is -0.476 e. The van der Waals surface area contributed by atoms with Crippen molar-refractivity contribution in [2.75, 3.05) is 23.6 Å². The topological polar surface area (TPSA) is 67.1 Å². The molecule has 8 heteroatoms. The summed E-state index contributed by atoms with van der Waals surface area (Å²) in [5, 5.41) is 5.79. The number of thiazole rings is 1. The van der Waals surface area contributed by atoms with Crippen LogP contribution in [-0.4, -0.2) is 30.0 Å². The summed E-state index contributed by atoms with van der Waals surface area (Å²) in [6, 6.07) is 17.4. The molecule has 0 unspecified atom stereocenters. The molecule has 2 aliphatic heterocycles. The third-order valence-corrected chi connectivity index (χ3v) is 7.63. The molecule has 7 nitrogen and oxygen atoms in total. The van der Waals surface area contributed by atoms with Gasteiger partial charge in [0.1, 0.15) is 14.8 Å². The van der Waals surface area contributed by atoms with E-state index in [0.717, 1.165) is 11.4 Å². The van der Waals surface area contributed by atoms with Gasteiger partial charge in [0.15, 0.2) is 0 Å². The lowest BCUT2D eigenvalue weighted by atomic mass is 9.84. The molecular formula is C26H26N4O3S. The van der Waals surface area contributed by atoms with Crippen LogP contribution < -0.4 is 24.7 Å². The Balaban J connectivity index is 1.78. The van der Waals surface area contributed by atoms with Gasteiger partial charge in [0, 0.05) is 25.2 Å². The molecule has 0 N–H and O–H groups in total. The van der Waals surface area contributed by atoms with Crippen LogP contribution in [0.25, 0.3) is 11.3 Å². The van der Waals surface area contributed by atoms with E-state index in [-0.39, 0.29) is 22.8 Å². The number of aromatic nitrogens is 1. The molecule has 5 rings (SSSR count). The molecule has 0 saturated carbocycles. The first-order valence-corrected chi connectivity index (χ1v) is 12.0. The molecule has 0 atom stereocenters. The molecule has 174 valence electrons. The van der Waals surface area contributed by atoms with Gasteiger partial charge in [-0.05, 0) is 30.7 Å². The maximum Gasteiger partial charge on any atom is 0.287 e. The first-order chi connectivity index (χ1) is 16.3. The minimum atomic E-state index is -0.364. The maximum atomic E-state index is 13.5. The number of nitrogens with zero attached hydrogens (tertiary/aromatic N) is 4. The highest BCUT2D eigenvalue weighted by Crippen LogP contribution is 2.46. The fraction of sp³-hybridized carbons (Fsp3) is 0.269. The molecule has 34 heavy (non-hydrogen) atoms. The van der Waals surface area contributed by atoms with Crippen LogP contribution in [0.5, 0.6) is 0 Å². The van der Waals surface area contributed by atoms with E-state index in [1.807, 2.05) is 56.4 Å². The largest absolute Gasteiger partial charge is 0.476 e. The molecule has 2 aromatic carbocycles. The number of rotatable bonds is 2. The second-order valence-corrected chi connectivity index (χ2v) is 9.82. The Hall–Kier alpha value is -3.65. The molecule has 1 aromatic heterocycles. The van der Waals surface area contributed by atoms with Crippen molar-refractivity contribution >= 4 is 45.8 Å². The summed E-state index contributed by atoms with van der Waals surface area (Å²) in [7, 11) is 3.68. The van der Waals surface area contributed by atoms with E-state index < -0.39 is 0 Å². The van der Waals surface area contributed by atoms with Gasteiger partial charge in [-0.2, -0.15) is 5.01 Å². The Kier molecular flexibility index (Phi) is 5.20. The molecule has 0 spiro atoms. The number of carbonyl (C=O) groups excluding carboxylic acids is 1. The van der Waals surface area contributed by atoms with E-state index in [4.69, 9.17) is 4.74 Å². The van der Waals surface area contributed by atoms with Crippen LogP contribution in [0.1, 0.15) is 26.3 Å². The number of hydrogen-bond donors (Lipinski definition) is 0. The maximum absolute atomic E-state index is 13.5. The number of ether oxygens (including phenoxy) is 1. The summed E-state index contributed by atoms with van der Waals surface area (Å²) in [6.45, 7) is 6.45. The molecule has 3 aromatic rings. The highest BCUT2D eigenvalue weighted by molar-refractivity contribution is 7.08. The standard InChI is InChI=1S/C26H26N4O3S/c1-6-33-22-19(23(31)30(27-22)16-12-8-7-9-13-16)25-29(5)24(32)20(34-25)21-26(2,3)17-14-10-11-15-18(17)28(21)4/h7-15H,6H2,1-5H3. The van der Waals surface area contributed by atoms with E-state index >= 15 is 0 Å². The van der Waals surface area contributed by atoms with Crippen LogP contribution in [0, 0.1) is 0 Å². The Morgan fingerprint density at radius 1 is 1.00 bits per heavy atom. The van der Waals surface area contributed by atoms with Gasteiger partial charge < -0.3 is 14.2 Å². The monoisotopic (exact) mass is 474 g/mol. The number of benzene rings is 2. The van der Waals surface area contributed by atoms with Crippen LogP contribution >= 0.6 is 11.3 Å². The van der Waals surface area contributed by atoms with E-state index in [1.54, 1.807) is 7.05 Å². The number of fused-ring (bicyclic) bond motifs is 1. The van der Waals surface area contributed by atoms with Gasteiger partial charge in [-0.25, -0.2) is 0 Å². The Morgan fingerprint density at radius 2 is 1.68 bits per heavy atom. The number of hydrogen-bond acceptors (Lipinski definition) is 6. The lowest BCUT2D eigenvalue weighted by Gasteiger charge is -2.23. The SMILES string of the molecule is CCOC1=NN(c2ccccc2)C(=O)C1=c1sc(=C2N(C)c3ccccc3C2(C)C)c(=O)n1C. The highest BCUT2D eigenvalue weighted by atomic mass is 32.1. The van der Waals surface area contributed by atoms with Gasteiger partial charge in [0.2, 0.25) is 5.90 Å². The van der Waals surface area contributed by atoms with Crippen molar-refractivity contribution in [2.24, 2.45) is 12.1 Å². The van der Waals surface area contributed by atoms with Gasteiger partial charge in [-0.15, -0.1) is 16.4 Å². The summed E-state index contributed by atoms with van der Waals surface area (Å²) < 4.78 is 8.43. The number of hydrazone groups is 1. The van der Waals surface area contributed by atoms with Gasteiger partial charge in [0.25, 0.3) is 11.5 Å². The molecule has 0 radical (unpaired) electrons. The summed E-state index contributed by atoms with van der Waals surface area (Å²) >= 11 is 1.31. The van der Waals surface area contributed by atoms with E-state index in [2.05, 4.69) is 36.0 Å². The van der Waals surface area contributed by atoms with Crippen LogP contribution in [0.3, 0.4) is 0 Å². The van der Waals surface area contributed by atoms with Gasteiger partial charge >= 0.3 is 0 Å². The van der Waals surface area contributed by atoms with Crippen molar-refractivity contribution < 1.29 is 9.53 Å². The minimum absolute atomic E-state index is 0.142. The summed E-state index contributed by atoms with van der Waals surface area (Å²) in [5.41, 5.74) is 3.61. The van der Waals surface area contributed by atoms with Gasteiger partial charge in [-0.3, -0.25) is 9.59 Å². The zero-order chi connectivity index (χ0) is 24.2. The molecule has 3 heterocycles. The van der Waals surface area contributed by atoms with E-state index in [1.165, 1.54) is 26.5 Å². The normalized spacial score (nSPS) is 20.0. The van der Waals surface area contributed by atoms with Crippen LogP contribution in [0.2, 0.25) is 0 Å². The fourth-order valence-corrected chi connectivity index (χ4v) is 6.17. The first kappa shape index (κ1) is 22.2. The molecule has 0 fully saturated rings. The third-order valence-electron chi connectivity index (χ3n) is 6.39. The molecule has 2 aliphatic rings. The fourth-order valence-electron chi connectivity index (χ4n) is 4.77. The summed E-state index contributed by atoms with van der Waals surface area (Å²) in [4.78, 5) is 29.2. The average molecular weight is 475 g/mol. The van der Waals surface area contributed by atoms with Crippen molar-refractivity contribution in [2.45, 2.75) is 26.2 Å². The van der Waals surface area contributed by atoms with E-state index in [9.17, 15) is 9.59 Å². The predicted octanol–water partition coefficient (Wildman–Crippen LogP) is 2.53. The first-order valence-electron chi connectivity index (χ1n) is 11.2. The van der Waals surface area contributed by atoms with Crippen molar-refractivity contribution in [3.63, 3.8) is 0 Å². The lowest BCUT2D eigenvalue weighted by Crippen LogP contribution is -2.37. The molecule has 0 aliphatic carbocycles. The van der Waals surface area contributed by atoms with Crippen molar-refractivity contribution in [3.05, 3.63) is 79.7 Å².